The van der Waals surface area contributed by atoms with Gasteiger partial charge < -0.3 is 0 Å². The minimum atomic E-state index is -0.756. The molecule has 0 aromatic rings. The van der Waals surface area contributed by atoms with Gasteiger partial charge in [0.05, 0.1) is 0 Å². The van der Waals surface area contributed by atoms with E-state index in [1.165, 1.54) is 6.04 Å². The molecule has 2 heteroatoms. The molecule has 0 aromatic heterocycles. The zero-order valence-electron chi connectivity index (χ0n) is 5.24. The van der Waals surface area contributed by atoms with Gasteiger partial charge in [0, 0.05) is 0 Å². The molecule has 0 bridgehead atoms. The lowest BCUT2D eigenvalue weighted by atomic mass is 10.3. The Kier molecular flexibility index (Phi) is 3.76. The van der Waals surface area contributed by atoms with Gasteiger partial charge in [0.1, 0.15) is 8.11 Å². The quantitative estimate of drug-likeness (QED) is 0.404. The molecule has 1 atom stereocenters. The second-order valence-corrected chi connectivity index (χ2v) is 6.68. The van der Waals surface area contributed by atoms with E-state index in [1.54, 1.807) is 0 Å². The van der Waals surface area contributed by atoms with Crippen molar-refractivity contribution in [3.8, 4) is 0 Å². The summed E-state index contributed by atoms with van der Waals surface area (Å²) in [4.78, 5) is 0. The van der Waals surface area contributed by atoms with Gasteiger partial charge in [0.25, 0.3) is 0 Å². The molecule has 0 spiro atoms. The van der Waals surface area contributed by atoms with Gasteiger partial charge in [-0.1, -0.05) is 20.4 Å². The van der Waals surface area contributed by atoms with Gasteiger partial charge >= 0.3 is 0 Å². The van der Waals surface area contributed by atoms with Crippen molar-refractivity contribution >= 4 is 19.2 Å². The number of rotatable bonds is 2. The summed E-state index contributed by atoms with van der Waals surface area (Å²) < 4.78 is 0. The average Bonchev–Trinajstić information content (AvgIpc) is 1.27. The Labute approximate surface area is 52.2 Å². The molecule has 0 saturated heterocycles. The smallest absolute Gasteiger partial charge is 0.138 e. The number of halogens is 1. The largest absolute Gasteiger partial charge is 0.172 e. The molecule has 0 saturated carbocycles. The molecule has 0 aliphatic heterocycles. The summed E-state index contributed by atoms with van der Waals surface area (Å²) in [5.41, 5.74) is 0. The Balaban J connectivity index is 2.95. The van der Waals surface area contributed by atoms with Crippen LogP contribution in [-0.4, -0.2) is 8.11 Å². The van der Waals surface area contributed by atoms with Crippen molar-refractivity contribution in [2.75, 3.05) is 0 Å². The molecule has 0 amide bonds. The van der Waals surface area contributed by atoms with Crippen LogP contribution in [0.15, 0.2) is 0 Å². The lowest BCUT2D eigenvalue weighted by Crippen LogP contribution is -1.99. The molecule has 7 heavy (non-hydrogen) atoms. The summed E-state index contributed by atoms with van der Waals surface area (Å²) in [6, 6.07) is 1.27. The summed E-state index contributed by atoms with van der Waals surface area (Å²) in [5.74, 6) is 0.805. The highest BCUT2D eigenvalue weighted by Crippen LogP contribution is 2.06. The fraction of sp³-hybridized carbons (Fsp3) is 1.00. The maximum absolute atomic E-state index is 5.81. The number of hydrogen-bond acceptors (Lipinski definition) is 0. The van der Waals surface area contributed by atoms with Gasteiger partial charge in [-0.05, 0) is 12.0 Å². The zero-order chi connectivity index (χ0) is 5.86. The molecule has 0 aliphatic rings. The van der Waals surface area contributed by atoms with Gasteiger partial charge in [-0.15, -0.1) is 0 Å². The van der Waals surface area contributed by atoms with Crippen molar-refractivity contribution in [2.45, 2.75) is 26.4 Å². The fourth-order valence-electron chi connectivity index (χ4n) is 0.650. The van der Waals surface area contributed by atoms with Gasteiger partial charge in [-0.2, -0.15) is 11.1 Å². The molecule has 0 radical (unpaired) electrons. The molecule has 44 valence electrons. The highest BCUT2D eigenvalue weighted by molar-refractivity contribution is 7.06. The minimum Gasteiger partial charge on any atom is -0.172 e. The third-order valence-electron chi connectivity index (χ3n) is 0.796. The van der Waals surface area contributed by atoms with Crippen LogP contribution in [0.4, 0.5) is 0 Å². The van der Waals surface area contributed by atoms with Crippen LogP contribution < -0.4 is 0 Å². The summed E-state index contributed by atoms with van der Waals surface area (Å²) in [6.45, 7) is 6.60. The predicted octanol–water partition coefficient (Wildman–Crippen LogP) is 2.23. The minimum absolute atomic E-state index is 0.756. The van der Waals surface area contributed by atoms with E-state index in [2.05, 4.69) is 20.4 Å². The third kappa shape index (κ3) is 6.51. The van der Waals surface area contributed by atoms with E-state index < -0.39 is 8.11 Å². The topological polar surface area (TPSA) is 0 Å². The normalized spacial score (nSPS) is 15.0. The molecule has 0 fully saturated rings. The third-order valence-corrected chi connectivity index (χ3v) is 2.92. The van der Waals surface area contributed by atoms with Crippen LogP contribution in [0.1, 0.15) is 13.8 Å². The summed E-state index contributed by atoms with van der Waals surface area (Å²) in [5, 5.41) is 0. The van der Waals surface area contributed by atoms with Crippen molar-refractivity contribution in [3.05, 3.63) is 0 Å². The number of hydrogen-bond donors (Lipinski definition) is 0. The van der Waals surface area contributed by atoms with E-state index in [-0.39, 0.29) is 0 Å². The SMILES string of the molecule is CC(C)C[SiH](C)Cl. The first-order chi connectivity index (χ1) is 3.13. The molecule has 0 N–H and O–H groups in total. The summed E-state index contributed by atoms with van der Waals surface area (Å²) in [6.07, 6.45) is 0. The van der Waals surface area contributed by atoms with Crippen LogP contribution in [0.5, 0.6) is 0 Å². The van der Waals surface area contributed by atoms with Crippen LogP contribution in [-0.2, 0) is 0 Å². The zero-order valence-corrected chi connectivity index (χ0v) is 7.15. The predicted molar refractivity (Wildman–Crippen MR) is 38.5 cm³/mol. The molecule has 0 nitrogen and oxygen atoms in total. The van der Waals surface area contributed by atoms with E-state index >= 15 is 0 Å². The summed E-state index contributed by atoms with van der Waals surface area (Å²) in [7, 11) is -0.756. The highest BCUT2D eigenvalue weighted by Gasteiger charge is 2.00. The molecule has 0 aromatic carbocycles. The average molecular weight is 137 g/mol. The van der Waals surface area contributed by atoms with Crippen molar-refractivity contribution in [2.24, 2.45) is 5.92 Å². The second-order valence-electron chi connectivity index (χ2n) is 2.41. The van der Waals surface area contributed by atoms with Gasteiger partial charge in [0.15, 0.2) is 0 Å². The van der Waals surface area contributed by atoms with E-state index in [0.717, 1.165) is 5.92 Å². The Morgan fingerprint density at radius 3 is 2.00 bits per heavy atom. The van der Waals surface area contributed by atoms with Gasteiger partial charge in [-0.3, -0.25) is 0 Å². The molecular formula is C5H13ClSi. The van der Waals surface area contributed by atoms with Crippen LogP contribution in [0.2, 0.25) is 12.6 Å². The molecule has 0 rings (SSSR count). The monoisotopic (exact) mass is 136 g/mol. The Bertz CT molecular complexity index is 37.3. The van der Waals surface area contributed by atoms with E-state index in [0.29, 0.717) is 0 Å². The molecule has 0 aliphatic carbocycles. The first-order valence-corrected chi connectivity index (χ1v) is 6.48. The van der Waals surface area contributed by atoms with Crippen molar-refractivity contribution < 1.29 is 0 Å². The molecular weight excluding hydrogens is 124 g/mol. The Morgan fingerprint density at radius 1 is 1.57 bits per heavy atom. The van der Waals surface area contributed by atoms with Crippen molar-refractivity contribution in [3.63, 3.8) is 0 Å². The van der Waals surface area contributed by atoms with Crippen LogP contribution in [0, 0.1) is 5.92 Å². The van der Waals surface area contributed by atoms with Gasteiger partial charge in [-0.25, -0.2) is 0 Å². The Hall–Kier alpha value is 0.507. The lowest BCUT2D eigenvalue weighted by molar-refractivity contribution is 0.730. The lowest BCUT2D eigenvalue weighted by Gasteiger charge is -2.01. The maximum atomic E-state index is 5.81. The van der Waals surface area contributed by atoms with E-state index in [4.69, 9.17) is 11.1 Å². The standard InChI is InChI=1S/C5H13ClSi/c1-5(2)4-7(3)6/h5,7H,4H2,1-3H3. The van der Waals surface area contributed by atoms with E-state index in [1.807, 2.05) is 0 Å². The fourth-order valence-corrected chi connectivity index (χ4v) is 3.02. The van der Waals surface area contributed by atoms with Crippen LogP contribution >= 0.6 is 11.1 Å². The molecule has 1 unspecified atom stereocenters. The van der Waals surface area contributed by atoms with Crippen molar-refractivity contribution in [1.29, 1.82) is 0 Å². The Morgan fingerprint density at radius 2 is 2.00 bits per heavy atom. The van der Waals surface area contributed by atoms with Crippen molar-refractivity contribution in [1.82, 2.24) is 0 Å². The highest BCUT2D eigenvalue weighted by atomic mass is 35.6. The first-order valence-electron chi connectivity index (χ1n) is 2.77. The molecule has 0 heterocycles. The van der Waals surface area contributed by atoms with E-state index in [9.17, 15) is 0 Å². The second kappa shape index (κ2) is 3.50. The summed E-state index contributed by atoms with van der Waals surface area (Å²) >= 11 is 5.81. The van der Waals surface area contributed by atoms with Crippen LogP contribution in [0.25, 0.3) is 0 Å². The maximum Gasteiger partial charge on any atom is 0.138 e. The van der Waals surface area contributed by atoms with Crippen LogP contribution in [0.3, 0.4) is 0 Å². The van der Waals surface area contributed by atoms with Gasteiger partial charge in [0.2, 0.25) is 0 Å². The first kappa shape index (κ1) is 7.51.